The van der Waals surface area contributed by atoms with E-state index < -0.39 is 18.3 Å². The smallest absolute Gasteiger partial charge is 0.365 e. The van der Waals surface area contributed by atoms with E-state index in [2.05, 4.69) is 0 Å². The molecule has 1 fully saturated rings. The summed E-state index contributed by atoms with van der Waals surface area (Å²) in [6.45, 7) is 0.660. The summed E-state index contributed by atoms with van der Waals surface area (Å²) in [6.07, 6.45) is -3.41. The third-order valence-corrected chi connectivity index (χ3v) is 4.72. The maximum atomic E-state index is 13.7. The molecule has 25 heavy (non-hydrogen) atoms. The van der Waals surface area contributed by atoms with Gasteiger partial charge in [0.1, 0.15) is 6.04 Å². The van der Waals surface area contributed by atoms with Gasteiger partial charge in [-0.15, -0.1) is 0 Å². The molecule has 1 aliphatic rings. The number of hydrogen-bond donors (Lipinski definition) is 1. The van der Waals surface area contributed by atoms with Gasteiger partial charge < -0.3 is 4.90 Å². The van der Waals surface area contributed by atoms with Crippen LogP contribution in [0.5, 0.6) is 0 Å². The molecular weight excluding hydrogens is 327 g/mol. The Labute approximate surface area is 145 Å². The molecule has 2 unspecified atom stereocenters. The zero-order chi connectivity index (χ0) is 17.9. The summed E-state index contributed by atoms with van der Waals surface area (Å²) < 4.78 is 41.1. The minimum Gasteiger partial charge on any atom is -0.365 e. The number of aryl methyl sites for hydroxylation is 1. The second kappa shape index (κ2) is 7.45. The van der Waals surface area contributed by atoms with Gasteiger partial charge in [-0.2, -0.15) is 13.2 Å². The third-order valence-electron chi connectivity index (χ3n) is 4.72. The van der Waals surface area contributed by atoms with Crippen LogP contribution in [-0.4, -0.2) is 36.4 Å². The fourth-order valence-electron chi connectivity index (χ4n) is 3.54. The minimum atomic E-state index is -4.37. The average molecular weight is 349 g/mol. The number of nitrogens with two attached hydrogens (primary N) is 1. The number of para-hydroxylation sites is 1. The zero-order valence-electron chi connectivity index (χ0n) is 13.9. The van der Waals surface area contributed by atoms with E-state index in [1.54, 1.807) is 0 Å². The van der Waals surface area contributed by atoms with Crippen molar-refractivity contribution in [2.45, 2.75) is 31.1 Å². The normalized spacial score (nSPS) is 22.2. The lowest BCUT2D eigenvalue weighted by Gasteiger charge is -2.47. The summed E-state index contributed by atoms with van der Waals surface area (Å²) in [5.74, 6) is 5.75. The highest BCUT2D eigenvalue weighted by Gasteiger charge is 2.51. The molecule has 1 heterocycles. The number of piperazine rings is 1. The molecule has 2 aromatic rings. The number of anilines is 1. The average Bonchev–Trinajstić information content (AvgIpc) is 2.60. The molecule has 1 aliphatic heterocycles. The van der Waals surface area contributed by atoms with Crippen LogP contribution in [0.4, 0.5) is 18.9 Å². The van der Waals surface area contributed by atoms with Crippen molar-refractivity contribution in [3.8, 4) is 0 Å². The van der Waals surface area contributed by atoms with Gasteiger partial charge in [0, 0.05) is 18.8 Å². The number of rotatable bonds is 4. The Morgan fingerprint density at radius 3 is 2.12 bits per heavy atom. The van der Waals surface area contributed by atoms with Crippen LogP contribution in [0.25, 0.3) is 0 Å². The van der Waals surface area contributed by atoms with Gasteiger partial charge in [-0.1, -0.05) is 48.5 Å². The molecule has 3 rings (SSSR count). The predicted octanol–water partition coefficient (Wildman–Crippen LogP) is 3.61. The van der Waals surface area contributed by atoms with Crippen LogP contribution in [0.2, 0.25) is 0 Å². The van der Waals surface area contributed by atoms with Gasteiger partial charge in [0.25, 0.3) is 0 Å². The third kappa shape index (κ3) is 4.14. The van der Waals surface area contributed by atoms with Gasteiger partial charge in [-0.05, 0) is 30.5 Å². The SMILES string of the molecule is NN1CCN(c2ccccc2)C(CCc2ccccc2)C1C(F)(F)F. The predicted molar refractivity (Wildman–Crippen MR) is 93.1 cm³/mol. The van der Waals surface area contributed by atoms with Crippen molar-refractivity contribution in [2.24, 2.45) is 5.84 Å². The summed E-state index contributed by atoms with van der Waals surface area (Å²) in [4.78, 5) is 1.85. The fraction of sp³-hybridized carbons (Fsp3) is 0.368. The van der Waals surface area contributed by atoms with Gasteiger partial charge in [0.05, 0.1) is 6.04 Å². The van der Waals surface area contributed by atoms with E-state index in [-0.39, 0.29) is 6.54 Å². The Morgan fingerprint density at radius 2 is 1.52 bits per heavy atom. The van der Waals surface area contributed by atoms with Crippen molar-refractivity contribution >= 4 is 5.69 Å². The van der Waals surface area contributed by atoms with Crippen LogP contribution in [0.3, 0.4) is 0 Å². The van der Waals surface area contributed by atoms with E-state index in [0.717, 1.165) is 16.3 Å². The highest BCUT2D eigenvalue weighted by molar-refractivity contribution is 5.48. The first-order valence-corrected chi connectivity index (χ1v) is 8.40. The molecule has 0 aliphatic carbocycles. The summed E-state index contributed by atoms with van der Waals surface area (Å²) in [5, 5.41) is 0.953. The monoisotopic (exact) mass is 349 g/mol. The number of alkyl halides is 3. The summed E-state index contributed by atoms with van der Waals surface area (Å²) >= 11 is 0. The molecule has 2 atom stereocenters. The second-order valence-electron chi connectivity index (χ2n) is 6.34. The Morgan fingerprint density at radius 1 is 0.920 bits per heavy atom. The molecule has 0 saturated carbocycles. The topological polar surface area (TPSA) is 32.5 Å². The second-order valence-corrected chi connectivity index (χ2v) is 6.34. The minimum absolute atomic E-state index is 0.181. The fourth-order valence-corrected chi connectivity index (χ4v) is 3.54. The van der Waals surface area contributed by atoms with Crippen LogP contribution < -0.4 is 10.7 Å². The van der Waals surface area contributed by atoms with Crippen molar-refractivity contribution < 1.29 is 13.2 Å². The molecule has 2 N–H and O–H groups in total. The molecule has 0 aromatic heterocycles. The molecule has 1 saturated heterocycles. The molecule has 0 amide bonds. The van der Waals surface area contributed by atoms with E-state index in [4.69, 9.17) is 5.84 Å². The standard InChI is InChI=1S/C19H22F3N3/c20-19(21,22)18-17(12-11-15-7-3-1-4-8-15)24(13-14-25(18)23)16-9-5-2-6-10-16/h1-10,17-18H,11-14,23H2. The summed E-state index contributed by atoms with van der Waals surface area (Å²) in [5.41, 5.74) is 1.84. The van der Waals surface area contributed by atoms with Crippen LogP contribution >= 0.6 is 0 Å². The molecule has 2 aromatic carbocycles. The quantitative estimate of drug-likeness (QED) is 0.856. The first kappa shape index (κ1) is 17.8. The molecule has 0 radical (unpaired) electrons. The van der Waals surface area contributed by atoms with Gasteiger partial charge in [0.15, 0.2) is 0 Å². The molecule has 6 heteroatoms. The van der Waals surface area contributed by atoms with Crippen LogP contribution in [-0.2, 0) is 6.42 Å². The Kier molecular flexibility index (Phi) is 5.30. The van der Waals surface area contributed by atoms with Crippen molar-refractivity contribution in [2.75, 3.05) is 18.0 Å². The number of benzene rings is 2. The molecule has 3 nitrogen and oxygen atoms in total. The number of halogens is 3. The van der Waals surface area contributed by atoms with Crippen molar-refractivity contribution in [1.82, 2.24) is 5.01 Å². The molecule has 0 spiro atoms. The van der Waals surface area contributed by atoms with Gasteiger partial charge in [0.2, 0.25) is 0 Å². The molecule has 0 bridgehead atoms. The van der Waals surface area contributed by atoms with Gasteiger partial charge in [-0.3, -0.25) is 5.84 Å². The molecular formula is C19H22F3N3. The van der Waals surface area contributed by atoms with Crippen molar-refractivity contribution in [3.63, 3.8) is 0 Å². The Balaban J connectivity index is 1.88. The van der Waals surface area contributed by atoms with E-state index >= 15 is 0 Å². The highest BCUT2D eigenvalue weighted by atomic mass is 19.4. The Hall–Kier alpha value is -2.05. The highest BCUT2D eigenvalue weighted by Crippen LogP contribution is 2.34. The largest absolute Gasteiger partial charge is 0.407 e. The first-order chi connectivity index (χ1) is 12.0. The van der Waals surface area contributed by atoms with Crippen LogP contribution in [0, 0.1) is 0 Å². The van der Waals surface area contributed by atoms with Gasteiger partial charge in [-0.25, -0.2) is 5.01 Å². The van der Waals surface area contributed by atoms with Crippen molar-refractivity contribution in [3.05, 3.63) is 66.2 Å². The lowest BCUT2D eigenvalue weighted by molar-refractivity contribution is -0.195. The van der Waals surface area contributed by atoms with E-state index in [1.807, 2.05) is 65.6 Å². The maximum absolute atomic E-state index is 13.7. The van der Waals surface area contributed by atoms with Crippen LogP contribution in [0.15, 0.2) is 60.7 Å². The molecule has 134 valence electrons. The number of nitrogens with zero attached hydrogens (tertiary/aromatic N) is 2. The number of hydrogen-bond acceptors (Lipinski definition) is 3. The lowest BCUT2D eigenvalue weighted by Crippen LogP contribution is -2.67. The van der Waals surface area contributed by atoms with Crippen molar-refractivity contribution in [1.29, 1.82) is 0 Å². The lowest BCUT2D eigenvalue weighted by atomic mass is 9.94. The Bertz CT molecular complexity index is 661. The maximum Gasteiger partial charge on any atom is 0.407 e. The zero-order valence-corrected chi connectivity index (χ0v) is 13.9. The first-order valence-electron chi connectivity index (χ1n) is 8.40. The summed E-state index contributed by atoms with van der Waals surface area (Å²) in [7, 11) is 0. The number of hydrazine groups is 1. The van der Waals surface area contributed by atoms with E-state index in [9.17, 15) is 13.2 Å². The van der Waals surface area contributed by atoms with E-state index in [0.29, 0.717) is 19.4 Å². The van der Waals surface area contributed by atoms with Gasteiger partial charge >= 0.3 is 6.18 Å². The van der Waals surface area contributed by atoms with E-state index in [1.165, 1.54) is 0 Å². The van der Waals surface area contributed by atoms with Crippen LogP contribution in [0.1, 0.15) is 12.0 Å². The summed E-state index contributed by atoms with van der Waals surface area (Å²) in [6, 6.07) is 16.5.